The van der Waals surface area contributed by atoms with Gasteiger partial charge < -0.3 is 11.1 Å². The Morgan fingerprint density at radius 1 is 1.36 bits per heavy atom. The number of nitrogens with two attached hydrogens (primary N) is 1. The fourth-order valence-corrected chi connectivity index (χ4v) is 3.56. The summed E-state index contributed by atoms with van der Waals surface area (Å²) in [7, 11) is -3.71. The lowest BCUT2D eigenvalue weighted by Crippen LogP contribution is -2.46. The van der Waals surface area contributed by atoms with Crippen LogP contribution in [-0.4, -0.2) is 20.5 Å². The van der Waals surface area contributed by atoms with Crippen molar-refractivity contribution >= 4 is 31.9 Å². The summed E-state index contributed by atoms with van der Waals surface area (Å²) >= 11 is 3.27. The first kappa shape index (κ1) is 16.7. The van der Waals surface area contributed by atoms with Crippen LogP contribution in [0.5, 0.6) is 0 Å². The van der Waals surface area contributed by atoms with E-state index in [1.807, 2.05) is 6.92 Å². The number of hydrogen-bond acceptors (Lipinski definition) is 4. The molecule has 2 rings (SSSR count). The van der Waals surface area contributed by atoms with Gasteiger partial charge in [0.05, 0.1) is 11.3 Å². The molecule has 0 aliphatic carbocycles. The van der Waals surface area contributed by atoms with Crippen molar-refractivity contribution in [1.82, 2.24) is 10.0 Å². The lowest BCUT2D eigenvalue weighted by Gasteiger charge is -2.25. The molecule has 0 bridgehead atoms. The highest BCUT2D eigenvalue weighted by molar-refractivity contribution is 9.11. The van der Waals surface area contributed by atoms with Crippen molar-refractivity contribution in [3.8, 4) is 0 Å². The maximum Gasteiger partial charge on any atom is 0.242 e. The Kier molecular flexibility index (Phi) is 5.05. The molecule has 1 atom stereocenters. The molecule has 0 radical (unpaired) electrons. The molecule has 1 aliphatic rings. The van der Waals surface area contributed by atoms with Gasteiger partial charge >= 0.3 is 0 Å². The van der Waals surface area contributed by atoms with Crippen molar-refractivity contribution < 1.29 is 13.2 Å². The molecule has 1 amide bonds. The number of primary amides is 1. The van der Waals surface area contributed by atoms with Crippen molar-refractivity contribution in [2.75, 3.05) is 0 Å². The van der Waals surface area contributed by atoms with E-state index in [0.717, 1.165) is 5.56 Å². The van der Waals surface area contributed by atoms with Crippen molar-refractivity contribution in [2.24, 2.45) is 5.73 Å². The van der Waals surface area contributed by atoms with E-state index in [4.69, 9.17) is 5.73 Å². The predicted molar refractivity (Wildman–Crippen MR) is 87.3 cm³/mol. The largest absolute Gasteiger partial charge is 0.371 e. The average molecular weight is 386 g/mol. The number of dihydropyridines is 1. The minimum Gasteiger partial charge on any atom is -0.371 e. The van der Waals surface area contributed by atoms with Crippen LogP contribution in [0.3, 0.4) is 0 Å². The van der Waals surface area contributed by atoms with E-state index in [1.54, 1.807) is 24.4 Å². The highest BCUT2D eigenvalue weighted by Gasteiger charge is 2.25. The van der Waals surface area contributed by atoms with Crippen LogP contribution in [0.1, 0.15) is 12.0 Å². The number of rotatable bonds is 5. The van der Waals surface area contributed by atoms with Crippen LogP contribution in [0.4, 0.5) is 0 Å². The van der Waals surface area contributed by atoms with E-state index in [0.29, 0.717) is 10.1 Å². The lowest BCUT2D eigenvalue weighted by molar-refractivity contribution is -0.117. The van der Waals surface area contributed by atoms with Crippen LogP contribution in [0, 0.1) is 6.92 Å². The number of sulfonamides is 1. The van der Waals surface area contributed by atoms with Gasteiger partial charge in [0.15, 0.2) is 0 Å². The summed E-state index contributed by atoms with van der Waals surface area (Å²) in [5.74, 6) is -0.533. The summed E-state index contributed by atoms with van der Waals surface area (Å²) in [4.78, 5) is 11.3. The Labute approximate surface area is 137 Å². The van der Waals surface area contributed by atoms with Crippen LogP contribution in [0.2, 0.25) is 0 Å². The molecule has 118 valence electrons. The second-order valence-corrected chi connectivity index (χ2v) is 7.56. The number of halogens is 1. The SMILES string of the molecule is Cc1ccc(S(=O)(=O)NC2NC=C(Br)C=C2CC(N)=O)cc1. The first-order chi connectivity index (χ1) is 10.3. The third-order valence-corrected chi connectivity index (χ3v) is 4.96. The summed E-state index contributed by atoms with van der Waals surface area (Å²) in [5, 5.41) is 2.89. The van der Waals surface area contributed by atoms with Gasteiger partial charge in [0.25, 0.3) is 0 Å². The highest BCUT2D eigenvalue weighted by atomic mass is 79.9. The molecule has 0 aromatic heterocycles. The molecule has 6 nitrogen and oxygen atoms in total. The normalized spacial score (nSPS) is 18.2. The van der Waals surface area contributed by atoms with Crippen molar-refractivity contribution in [3.63, 3.8) is 0 Å². The van der Waals surface area contributed by atoms with Gasteiger partial charge in [-0.25, -0.2) is 8.42 Å². The summed E-state index contributed by atoms with van der Waals surface area (Å²) < 4.78 is 28.0. The summed E-state index contributed by atoms with van der Waals surface area (Å²) in [6.07, 6.45) is 2.51. The predicted octanol–water partition coefficient (Wildman–Crippen LogP) is 1.24. The second kappa shape index (κ2) is 6.64. The minimum atomic E-state index is -3.71. The zero-order valence-corrected chi connectivity index (χ0v) is 14.2. The number of nitrogens with one attached hydrogen (secondary N) is 2. The molecule has 0 saturated heterocycles. The molecule has 0 spiro atoms. The van der Waals surface area contributed by atoms with E-state index < -0.39 is 22.1 Å². The number of amides is 1. The zero-order valence-electron chi connectivity index (χ0n) is 11.8. The summed E-state index contributed by atoms with van der Waals surface area (Å²) in [5.41, 5.74) is 6.71. The molecule has 1 unspecified atom stereocenters. The van der Waals surface area contributed by atoms with Gasteiger partial charge in [0.1, 0.15) is 6.17 Å². The van der Waals surface area contributed by atoms with Crippen molar-refractivity contribution in [1.29, 1.82) is 0 Å². The first-order valence-electron chi connectivity index (χ1n) is 6.47. The van der Waals surface area contributed by atoms with E-state index in [1.165, 1.54) is 12.1 Å². The first-order valence-corrected chi connectivity index (χ1v) is 8.75. The molecule has 1 aromatic carbocycles. The molecular formula is C14H16BrN3O3S. The van der Waals surface area contributed by atoms with Crippen molar-refractivity contribution in [2.45, 2.75) is 24.4 Å². The van der Waals surface area contributed by atoms with Crippen LogP contribution in [0.25, 0.3) is 0 Å². The van der Waals surface area contributed by atoms with Gasteiger partial charge in [-0.3, -0.25) is 4.79 Å². The van der Waals surface area contributed by atoms with Crippen LogP contribution in [-0.2, 0) is 14.8 Å². The van der Waals surface area contributed by atoms with E-state index in [-0.39, 0.29) is 11.3 Å². The lowest BCUT2D eigenvalue weighted by atomic mass is 10.1. The second-order valence-electron chi connectivity index (χ2n) is 4.93. The maximum absolute atomic E-state index is 12.4. The number of hydrogen-bond donors (Lipinski definition) is 3. The molecule has 4 N–H and O–H groups in total. The minimum absolute atomic E-state index is 0.0446. The molecule has 8 heteroatoms. The monoisotopic (exact) mass is 385 g/mol. The Bertz CT molecular complexity index is 739. The number of benzene rings is 1. The Morgan fingerprint density at radius 2 is 2.00 bits per heavy atom. The van der Waals surface area contributed by atoms with E-state index in [2.05, 4.69) is 26.0 Å². The Hall–Kier alpha value is -1.64. The Morgan fingerprint density at radius 3 is 2.59 bits per heavy atom. The molecular weight excluding hydrogens is 370 g/mol. The number of carbonyl (C=O) groups is 1. The fourth-order valence-electron chi connectivity index (χ4n) is 1.98. The van der Waals surface area contributed by atoms with Crippen LogP contribution >= 0.6 is 15.9 Å². The Balaban J connectivity index is 2.23. The summed E-state index contributed by atoms with van der Waals surface area (Å²) in [6.45, 7) is 1.88. The number of carbonyl (C=O) groups excluding carboxylic acids is 1. The van der Waals surface area contributed by atoms with E-state index in [9.17, 15) is 13.2 Å². The standard InChI is InChI=1S/C14H16BrN3O3S/c1-9-2-4-12(5-3-9)22(20,21)18-14-10(7-13(16)19)6-11(15)8-17-14/h2-6,8,14,17-18H,7H2,1H3,(H2,16,19). The van der Waals surface area contributed by atoms with Gasteiger partial charge in [-0.1, -0.05) is 17.7 Å². The fraction of sp³-hybridized carbons (Fsp3) is 0.214. The molecule has 0 saturated carbocycles. The van der Waals surface area contributed by atoms with Crippen molar-refractivity contribution in [3.05, 3.63) is 52.2 Å². The summed E-state index contributed by atoms with van der Waals surface area (Å²) in [6, 6.07) is 6.51. The number of allylic oxidation sites excluding steroid dienone is 2. The molecule has 1 aliphatic heterocycles. The molecule has 1 heterocycles. The van der Waals surface area contributed by atoms with Crippen LogP contribution < -0.4 is 15.8 Å². The van der Waals surface area contributed by atoms with Gasteiger partial charge in [-0.15, -0.1) is 0 Å². The highest BCUT2D eigenvalue weighted by Crippen LogP contribution is 2.20. The quantitative estimate of drug-likeness (QED) is 0.709. The molecule has 0 fully saturated rings. The average Bonchev–Trinajstić information content (AvgIpc) is 2.41. The topological polar surface area (TPSA) is 101 Å². The third-order valence-electron chi connectivity index (χ3n) is 3.06. The van der Waals surface area contributed by atoms with Crippen LogP contribution in [0.15, 0.2) is 51.5 Å². The van der Waals surface area contributed by atoms with Gasteiger partial charge in [-0.2, -0.15) is 4.72 Å². The van der Waals surface area contributed by atoms with Gasteiger partial charge in [-0.05, 0) is 46.6 Å². The van der Waals surface area contributed by atoms with Gasteiger partial charge in [0, 0.05) is 10.7 Å². The third kappa shape index (κ3) is 4.19. The maximum atomic E-state index is 12.4. The zero-order chi connectivity index (χ0) is 16.3. The van der Waals surface area contributed by atoms with Gasteiger partial charge in [0.2, 0.25) is 15.9 Å². The van der Waals surface area contributed by atoms with E-state index >= 15 is 0 Å². The molecule has 1 aromatic rings. The molecule has 22 heavy (non-hydrogen) atoms. The number of aryl methyl sites for hydroxylation is 1. The smallest absolute Gasteiger partial charge is 0.242 e.